The third-order valence-electron chi connectivity index (χ3n) is 3.31. The van der Waals surface area contributed by atoms with Crippen molar-refractivity contribution in [3.63, 3.8) is 0 Å². The summed E-state index contributed by atoms with van der Waals surface area (Å²) in [5.41, 5.74) is 0.0880. The van der Waals surface area contributed by atoms with E-state index >= 15 is 0 Å². The van der Waals surface area contributed by atoms with Gasteiger partial charge in [0.2, 0.25) is 5.91 Å². The van der Waals surface area contributed by atoms with Crippen molar-refractivity contribution in [1.82, 2.24) is 15.5 Å². The SMILES string of the molecule is O=C(CC1(O)CCCCC1)NCc1ccn[nH]1. The van der Waals surface area contributed by atoms with Crippen molar-refractivity contribution in [3.8, 4) is 0 Å². The molecule has 5 nitrogen and oxygen atoms in total. The molecule has 2 rings (SSSR count). The van der Waals surface area contributed by atoms with Gasteiger partial charge in [0.15, 0.2) is 0 Å². The lowest BCUT2D eigenvalue weighted by atomic mass is 9.82. The molecule has 1 amide bonds. The average Bonchev–Trinajstić information content (AvgIpc) is 2.79. The highest BCUT2D eigenvalue weighted by Crippen LogP contribution is 2.30. The summed E-state index contributed by atoms with van der Waals surface area (Å²) in [6.07, 6.45) is 6.54. The van der Waals surface area contributed by atoms with E-state index in [0.29, 0.717) is 6.54 Å². The van der Waals surface area contributed by atoms with Gasteiger partial charge in [0.25, 0.3) is 0 Å². The van der Waals surface area contributed by atoms with E-state index < -0.39 is 5.60 Å². The Hall–Kier alpha value is -1.36. The van der Waals surface area contributed by atoms with Crippen LogP contribution in [0.1, 0.15) is 44.2 Å². The lowest BCUT2D eigenvalue weighted by Gasteiger charge is -2.31. The van der Waals surface area contributed by atoms with Gasteiger partial charge in [0.05, 0.1) is 24.3 Å². The molecule has 0 bridgehead atoms. The maximum Gasteiger partial charge on any atom is 0.223 e. The highest BCUT2D eigenvalue weighted by atomic mass is 16.3. The Bertz CT molecular complexity index is 356. The predicted octanol–water partition coefficient (Wildman–Crippen LogP) is 1.11. The molecule has 0 unspecified atom stereocenters. The van der Waals surface area contributed by atoms with Gasteiger partial charge in [-0.3, -0.25) is 9.89 Å². The molecular formula is C12H19N3O2. The van der Waals surface area contributed by atoms with Crippen molar-refractivity contribution in [1.29, 1.82) is 0 Å². The van der Waals surface area contributed by atoms with E-state index in [1.165, 1.54) is 0 Å². The summed E-state index contributed by atoms with van der Waals surface area (Å²) in [4.78, 5) is 11.7. The highest BCUT2D eigenvalue weighted by Gasteiger charge is 2.31. The van der Waals surface area contributed by atoms with Crippen LogP contribution in [0.2, 0.25) is 0 Å². The Morgan fingerprint density at radius 3 is 2.88 bits per heavy atom. The first-order valence-electron chi connectivity index (χ1n) is 6.15. The summed E-state index contributed by atoms with van der Waals surface area (Å²) in [6.45, 7) is 0.439. The molecule has 0 spiro atoms. The van der Waals surface area contributed by atoms with Crippen LogP contribution in [-0.4, -0.2) is 26.8 Å². The molecule has 17 heavy (non-hydrogen) atoms. The van der Waals surface area contributed by atoms with E-state index in [1.54, 1.807) is 6.20 Å². The number of carbonyl (C=O) groups excluding carboxylic acids is 1. The van der Waals surface area contributed by atoms with Gasteiger partial charge in [-0.05, 0) is 18.9 Å². The molecule has 1 saturated carbocycles. The quantitative estimate of drug-likeness (QED) is 0.734. The van der Waals surface area contributed by atoms with Gasteiger partial charge in [-0.1, -0.05) is 19.3 Å². The van der Waals surface area contributed by atoms with E-state index in [4.69, 9.17) is 0 Å². The van der Waals surface area contributed by atoms with Gasteiger partial charge < -0.3 is 10.4 Å². The zero-order valence-corrected chi connectivity index (χ0v) is 9.91. The third kappa shape index (κ3) is 3.56. The summed E-state index contributed by atoms with van der Waals surface area (Å²) in [6, 6.07) is 1.82. The van der Waals surface area contributed by atoms with E-state index in [1.807, 2.05) is 6.07 Å². The molecule has 0 aromatic carbocycles. The fourth-order valence-electron chi connectivity index (χ4n) is 2.32. The first-order valence-corrected chi connectivity index (χ1v) is 6.15. The normalized spacial score (nSPS) is 18.9. The summed E-state index contributed by atoms with van der Waals surface area (Å²) >= 11 is 0. The van der Waals surface area contributed by atoms with Crippen molar-refractivity contribution in [2.24, 2.45) is 0 Å². The lowest BCUT2D eigenvalue weighted by Crippen LogP contribution is -2.38. The first-order chi connectivity index (χ1) is 8.18. The zero-order valence-electron chi connectivity index (χ0n) is 9.91. The molecule has 1 fully saturated rings. The Morgan fingerprint density at radius 2 is 2.24 bits per heavy atom. The van der Waals surface area contributed by atoms with Crippen LogP contribution in [0.5, 0.6) is 0 Å². The number of aromatic amines is 1. The summed E-state index contributed by atoms with van der Waals surface area (Å²) in [7, 11) is 0. The molecule has 0 atom stereocenters. The van der Waals surface area contributed by atoms with Crippen LogP contribution in [0.4, 0.5) is 0 Å². The van der Waals surface area contributed by atoms with Crippen LogP contribution in [0.3, 0.4) is 0 Å². The van der Waals surface area contributed by atoms with Crippen molar-refractivity contribution < 1.29 is 9.90 Å². The number of carbonyl (C=O) groups is 1. The van der Waals surface area contributed by atoms with Gasteiger partial charge in [-0.2, -0.15) is 5.10 Å². The number of nitrogens with one attached hydrogen (secondary N) is 2. The van der Waals surface area contributed by atoms with Crippen LogP contribution in [-0.2, 0) is 11.3 Å². The van der Waals surface area contributed by atoms with Gasteiger partial charge in [0, 0.05) is 6.20 Å². The van der Waals surface area contributed by atoms with E-state index in [9.17, 15) is 9.90 Å². The molecule has 1 heterocycles. The van der Waals surface area contributed by atoms with Gasteiger partial charge in [0.1, 0.15) is 0 Å². The highest BCUT2D eigenvalue weighted by molar-refractivity contribution is 5.76. The van der Waals surface area contributed by atoms with Crippen LogP contribution >= 0.6 is 0 Å². The number of rotatable bonds is 4. The Kier molecular flexibility index (Phi) is 3.78. The topological polar surface area (TPSA) is 78.0 Å². The van der Waals surface area contributed by atoms with Crippen molar-refractivity contribution in [2.45, 2.75) is 50.7 Å². The second-order valence-corrected chi connectivity index (χ2v) is 4.82. The number of aliphatic hydroxyl groups is 1. The molecule has 1 aromatic heterocycles. The Balaban J connectivity index is 1.76. The Morgan fingerprint density at radius 1 is 1.47 bits per heavy atom. The number of nitrogens with zero attached hydrogens (tertiary/aromatic N) is 1. The molecule has 3 N–H and O–H groups in total. The van der Waals surface area contributed by atoms with Crippen molar-refractivity contribution in [2.75, 3.05) is 0 Å². The summed E-state index contributed by atoms with van der Waals surface area (Å²) < 4.78 is 0. The molecular weight excluding hydrogens is 218 g/mol. The predicted molar refractivity (Wildman–Crippen MR) is 63.1 cm³/mol. The standard InChI is InChI=1S/C12H19N3O2/c16-11(13-9-10-4-7-14-15-10)8-12(17)5-2-1-3-6-12/h4,7,17H,1-3,5-6,8-9H2,(H,13,16)(H,14,15). The fourth-order valence-corrected chi connectivity index (χ4v) is 2.32. The van der Waals surface area contributed by atoms with Crippen LogP contribution in [0, 0.1) is 0 Å². The van der Waals surface area contributed by atoms with Crippen LogP contribution < -0.4 is 5.32 Å². The molecule has 5 heteroatoms. The molecule has 1 aliphatic rings. The van der Waals surface area contributed by atoms with Crippen LogP contribution in [0.15, 0.2) is 12.3 Å². The van der Waals surface area contributed by atoms with Crippen LogP contribution in [0.25, 0.3) is 0 Å². The summed E-state index contributed by atoms with van der Waals surface area (Å²) in [5, 5.41) is 19.6. The number of hydrogen-bond donors (Lipinski definition) is 3. The monoisotopic (exact) mass is 237 g/mol. The van der Waals surface area contributed by atoms with Gasteiger partial charge in [-0.25, -0.2) is 0 Å². The van der Waals surface area contributed by atoms with Crippen molar-refractivity contribution in [3.05, 3.63) is 18.0 Å². The molecule has 94 valence electrons. The number of aromatic nitrogens is 2. The maximum absolute atomic E-state index is 11.7. The van der Waals surface area contributed by atoms with Crippen molar-refractivity contribution >= 4 is 5.91 Å². The molecule has 0 saturated heterocycles. The van der Waals surface area contributed by atoms with Gasteiger partial charge in [-0.15, -0.1) is 0 Å². The number of H-pyrrole nitrogens is 1. The van der Waals surface area contributed by atoms with E-state index in [0.717, 1.165) is 37.8 Å². The summed E-state index contributed by atoms with van der Waals surface area (Å²) in [5.74, 6) is -0.0935. The average molecular weight is 237 g/mol. The molecule has 0 radical (unpaired) electrons. The second-order valence-electron chi connectivity index (χ2n) is 4.82. The number of hydrogen-bond acceptors (Lipinski definition) is 3. The van der Waals surface area contributed by atoms with E-state index in [2.05, 4.69) is 15.5 Å². The smallest absolute Gasteiger partial charge is 0.223 e. The minimum absolute atomic E-state index is 0.0935. The Labute approximate surface area is 101 Å². The van der Waals surface area contributed by atoms with Gasteiger partial charge >= 0.3 is 0 Å². The third-order valence-corrected chi connectivity index (χ3v) is 3.31. The second kappa shape index (κ2) is 5.31. The fraction of sp³-hybridized carbons (Fsp3) is 0.667. The molecule has 0 aliphatic heterocycles. The minimum Gasteiger partial charge on any atom is -0.389 e. The number of amides is 1. The largest absolute Gasteiger partial charge is 0.389 e. The minimum atomic E-state index is -0.781. The zero-order chi connectivity index (χ0) is 12.1. The molecule has 1 aromatic rings. The lowest BCUT2D eigenvalue weighted by molar-refractivity contribution is -0.127. The first kappa shape index (κ1) is 12.1. The van der Waals surface area contributed by atoms with E-state index in [-0.39, 0.29) is 12.3 Å². The molecule has 1 aliphatic carbocycles. The maximum atomic E-state index is 11.7.